The predicted octanol–water partition coefficient (Wildman–Crippen LogP) is 4.11. The summed E-state index contributed by atoms with van der Waals surface area (Å²) in [4.78, 5) is 0. The zero-order valence-electron chi connectivity index (χ0n) is 11.3. The van der Waals surface area contributed by atoms with Crippen LogP contribution in [0.1, 0.15) is 0 Å². The van der Waals surface area contributed by atoms with E-state index in [9.17, 15) is 5.11 Å². The normalized spacial score (nSPS) is 10.6. The van der Waals surface area contributed by atoms with E-state index in [0.717, 1.165) is 11.1 Å². The third-order valence-corrected chi connectivity index (χ3v) is 3.49. The van der Waals surface area contributed by atoms with Gasteiger partial charge in [0.2, 0.25) is 0 Å². The van der Waals surface area contributed by atoms with E-state index in [1.165, 1.54) is 0 Å². The fraction of sp³-hybridized carbons (Fsp3) is 0.0625. The second-order valence-corrected chi connectivity index (χ2v) is 4.94. The number of ether oxygens (including phenoxy) is 1. The summed E-state index contributed by atoms with van der Waals surface area (Å²) in [7, 11) is 1.59. The lowest BCUT2D eigenvalue weighted by molar-refractivity contribution is 0.415. The number of rotatable bonds is 3. The van der Waals surface area contributed by atoms with E-state index in [1.807, 2.05) is 36.4 Å². The first-order valence-electron chi connectivity index (χ1n) is 6.37. The predicted molar refractivity (Wildman–Crippen MR) is 82.7 cm³/mol. The van der Waals surface area contributed by atoms with Gasteiger partial charge in [0.1, 0.15) is 17.1 Å². The number of aromatic amines is 1. The van der Waals surface area contributed by atoms with Crippen LogP contribution in [0.3, 0.4) is 0 Å². The Hall–Kier alpha value is -2.46. The second-order valence-electron chi connectivity index (χ2n) is 4.50. The Morgan fingerprint density at radius 3 is 2.52 bits per heavy atom. The monoisotopic (exact) mass is 300 g/mol. The molecule has 106 valence electrons. The highest BCUT2D eigenvalue weighted by Gasteiger charge is 2.17. The third kappa shape index (κ3) is 2.45. The van der Waals surface area contributed by atoms with Gasteiger partial charge in [0, 0.05) is 16.1 Å². The summed E-state index contributed by atoms with van der Waals surface area (Å²) in [5, 5.41) is 18.2. The molecule has 1 heterocycles. The van der Waals surface area contributed by atoms with E-state index >= 15 is 0 Å². The number of para-hydroxylation sites is 1. The van der Waals surface area contributed by atoms with Crippen LogP contribution in [-0.4, -0.2) is 22.4 Å². The van der Waals surface area contributed by atoms with Crippen molar-refractivity contribution in [3.05, 3.63) is 53.6 Å². The van der Waals surface area contributed by atoms with Crippen molar-refractivity contribution in [2.75, 3.05) is 7.11 Å². The molecule has 1 aromatic heterocycles. The molecule has 0 radical (unpaired) electrons. The van der Waals surface area contributed by atoms with Crippen molar-refractivity contribution < 1.29 is 9.84 Å². The van der Waals surface area contributed by atoms with E-state index < -0.39 is 0 Å². The van der Waals surface area contributed by atoms with Gasteiger partial charge in [-0.25, -0.2) is 0 Å². The molecule has 0 unspecified atom stereocenters. The highest BCUT2D eigenvalue weighted by atomic mass is 35.5. The Bertz CT molecular complexity index is 766. The highest BCUT2D eigenvalue weighted by molar-refractivity contribution is 6.30. The lowest BCUT2D eigenvalue weighted by Gasteiger charge is -2.06. The number of methoxy groups -OCH3 is 1. The smallest absolute Gasteiger partial charge is 0.169 e. The molecule has 0 aliphatic rings. The van der Waals surface area contributed by atoms with Gasteiger partial charge in [0.25, 0.3) is 0 Å². The molecule has 0 saturated heterocycles. The SMILES string of the molecule is COc1ccccc1-c1n[nH]c(-c2ccc(Cl)cc2)c1O. The number of aromatic hydroxyl groups is 1. The van der Waals surface area contributed by atoms with E-state index in [2.05, 4.69) is 10.2 Å². The van der Waals surface area contributed by atoms with Crippen LogP contribution in [0.5, 0.6) is 11.5 Å². The van der Waals surface area contributed by atoms with E-state index in [-0.39, 0.29) is 5.75 Å². The summed E-state index contributed by atoms with van der Waals surface area (Å²) in [5.74, 6) is 0.740. The van der Waals surface area contributed by atoms with Crippen LogP contribution in [0.4, 0.5) is 0 Å². The lowest BCUT2D eigenvalue weighted by Crippen LogP contribution is -1.87. The molecule has 3 rings (SSSR count). The Kier molecular flexibility index (Phi) is 3.54. The van der Waals surface area contributed by atoms with Gasteiger partial charge in [-0.15, -0.1) is 0 Å². The van der Waals surface area contributed by atoms with Crippen molar-refractivity contribution in [3.8, 4) is 34.0 Å². The summed E-state index contributed by atoms with van der Waals surface area (Å²) < 4.78 is 5.30. The van der Waals surface area contributed by atoms with Crippen molar-refractivity contribution in [1.29, 1.82) is 0 Å². The number of halogens is 1. The Morgan fingerprint density at radius 2 is 1.81 bits per heavy atom. The van der Waals surface area contributed by atoms with Crippen LogP contribution < -0.4 is 4.74 Å². The molecule has 4 nitrogen and oxygen atoms in total. The molecule has 0 spiro atoms. The van der Waals surface area contributed by atoms with Crippen LogP contribution in [0, 0.1) is 0 Å². The molecule has 0 fully saturated rings. The van der Waals surface area contributed by atoms with E-state index in [1.54, 1.807) is 19.2 Å². The number of nitrogens with one attached hydrogen (secondary N) is 1. The van der Waals surface area contributed by atoms with Gasteiger partial charge in [-0.3, -0.25) is 5.10 Å². The molecule has 0 bridgehead atoms. The first-order chi connectivity index (χ1) is 10.2. The quantitative estimate of drug-likeness (QED) is 0.765. The number of hydrogen-bond donors (Lipinski definition) is 2. The molecule has 3 aromatic rings. The lowest BCUT2D eigenvalue weighted by atomic mass is 10.1. The average Bonchev–Trinajstić information content (AvgIpc) is 2.89. The average molecular weight is 301 g/mol. The van der Waals surface area contributed by atoms with E-state index in [4.69, 9.17) is 16.3 Å². The molecular formula is C16H13ClN2O2. The van der Waals surface area contributed by atoms with Gasteiger partial charge < -0.3 is 9.84 Å². The molecule has 2 N–H and O–H groups in total. The first kappa shape index (κ1) is 13.5. The molecule has 5 heteroatoms. The number of H-pyrrole nitrogens is 1. The Morgan fingerprint density at radius 1 is 1.10 bits per heavy atom. The number of aromatic nitrogens is 2. The van der Waals surface area contributed by atoms with Gasteiger partial charge in [0.05, 0.1) is 7.11 Å². The number of hydrogen-bond acceptors (Lipinski definition) is 3. The minimum absolute atomic E-state index is 0.0850. The van der Waals surface area contributed by atoms with Crippen LogP contribution >= 0.6 is 11.6 Å². The Balaban J connectivity index is 2.09. The van der Waals surface area contributed by atoms with Crippen LogP contribution in [0.25, 0.3) is 22.5 Å². The molecule has 0 aliphatic carbocycles. The van der Waals surface area contributed by atoms with Gasteiger partial charge in [-0.1, -0.05) is 35.9 Å². The summed E-state index contributed by atoms with van der Waals surface area (Å²) in [6.07, 6.45) is 0. The highest BCUT2D eigenvalue weighted by Crippen LogP contribution is 2.39. The minimum atomic E-state index is 0.0850. The fourth-order valence-corrected chi connectivity index (χ4v) is 2.31. The first-order valence-corrected chi connectivity index (χ1v) is 6.75. The molecular weight excluding hydrogens is 288 g/mol. The maximum absolute atomic E-state index is 10.4. The van der Waals surface area contributed by atoms with Crippen LogP contribution in [0.15, 0.2) is 48.5 Å². The zero-order valence-corrected chi connectivity index (χ0v) is 12.1. The van der Waals surface area contributed by atoms with Gasteiger partial charge in [0.15, 0.2) is 5.75 Å². The summed E-state index contributed by atoms with van der Waals surface area (Å²) >= 11 is 5.87. The van der Waals surface area contributed by atoms with E-state index in [0.29, 0.717) is 22.2 Å². The number of benzene rings is 2. The Labute approximate surface area is 127 Å². The molecule has 0 saturated carbocycles. The van der Waals surface area contributed by atoms with Gasteiger partial charge in [-0.2, -0.15) is 5.10 Å². The van der Waals surface area contributed by atoms with Crippen molar-refractivity contribution in [2.24, 2.45) is 0 Å². The topological polar surface area (TPSA) is 58.1 Å². The van der Waals surface area contributed by atoms with Crippen LogP contribution in [-0.2, 0) is 0 Å². The maximum atomic E-state index is 10.4. The summed E-state index contributed by atoms with van der Waals surface area (Å²) in [5.41, 5.74) is 2.55. The maximum Gasteiger partial charge on any atom is 0.169 e. The summed E-state index contributed by atoms with van der Waals surface area (Å²) in [6.45, 7) is 0. The molecule has 21 heavy (non-hydrogen) atoms. The van der Waals surface area contributed by atoms with Gasteiger partial charge in [-0.05, 0) is 24.3 Å². The zero-order chi connectivity index (χ0) is 14.8. The van der Waals surface area contributed by atoms with Crippen molar-refractivity contribution in [2.45, 2.75) is 0 Å². The summed E-state index contributed by atoms with van der Waals surface area (Å²) in [6, 6.07) is 14.6. The van der Waals surface area contributed by atoms with Crippen molar-refractivity contribution in [3.63, 3.8) is 0 Å². The number of nitrogens with zero attached hydrogens (tertiary/aromatic N) is 1. The van der Waals surface area contributed by atoms with Crippen LogP contribution in [0.2, 0.25) is 5.02 Å². The molecule has 0 aliphatic heterocycles. The fourth-order valence-electron chi connectivity index (χ4n) is 2.18. The van der Waals surface area contributed by atoms with Crippen molar-refractivity contribution in [1.82, 2.24) is 10.2 Å². The molecule has 0 amide bonds. The van der Waals surface area contributed by atoms with Crippen molar-refractivity contribution >= 4 is 11.6 Å². The largest absolute Gasteiger partial charge is 0.504 e. The standard InChI is InChI=1S/C16H13ClN2O2/c1-21-13-5-3-2-4-12(13)15-16(20)14(18-19-15)10-6-8-11(17)9-7-10/h2-9,20H,1H3,(H,18,19). The third-order valence-electron chi connectivity index (χ3n) is 3.24. The molecule has 2 aromatic carbocycles. The minimum Gasteiger partial charge on any atom is -0.504 e. The molecule has 0 atom stereocenters. The second kappa shape index (κ2) is 5.50. The van der Waals surface area contributed by atoms with Gasteiger partial charge >= 0.3 is 0 Å².